The van der Waals surface area contributed by atoms with Crippen molar-refractivity contribution >= 4 is 27.5 Å². The molecule has 0 spiro atoms. The second-order valence-corrected chi connectivity index (χ2v) is 3.13. The van der Waals surface area contributed by atoms with Crippen molar-refractivity contribution in [1.29, 1.82) is 0 Å². The molecule has 0 aromatic heterocycles. The molecule has 6 heteroatoms. The summed E-state index contributed by atoms with van der Waals surface area (Å²) in [6.07, 6.45) is 0. The number of halogens is 1. The molecular formula is C8H7BrN2O3. The lowest BCUT2D eigenvalue weighted by molar-refractivity contribution is -0.385. The number of nitrogens with two attached hydrogens (primary N) is 1. The zero-order valence-electron chi connectivity index (χ0n) is 7.07. The third kappa shape index (κ3) is 1.90. The monoisotopic (exact) mass is 258 g/mol. The van der Waals surface area contributed by atoms with Crippen LogP contribution in [0.4, 0.5) is 5.69 Å². The third-order valence-corrected chi connectivity index (χ3v) is 2.32. The maximum Gasteiger partial charge on any atom is 0.286 e. The van der Waals surface area contributed by atoms with Crippen molar-refractivity contribution in [2.75, 3.05) is 0 Å². The number of carbonyl (C=O) groups is 1. The van der Waals surface area contributed by atoms with Gasteiger partial charge in [-0.05, 0) is 6.07 Å². The van der Waals surface area contributed by atoms with E-state index in [2.05, 4.69) is 15.9 Å². The molecule has 0 saturated carbocycles. The molecule has 0 unspecified atom stereocenters. The van der Waals surface area contributed by atoms with Crippen LogP contribution in [-0.2, 0) is 5.33 Å². The van der Waals surface area contributed by atoms with E-state index >= 15 is 0 Å². The Hall–Kier alpha value is -1.43. The highest BCUT2D eigenvalue weighted by Crippen LogP contribution is 2.25. The number of amides is 1. The molecule has 0 atom stereocenters. The summed E-state index contributed by atoms with van der Waals surface area (Å²) in [6, 6.07) is 4.47. The Morgan fingerprint density at radius 1 is 1.57 bits per heavy atom. The first-order valence-corrected chi connectivity index (χ1v) is 4.82. The lowest BCUT2D eigenvalue weighted by Gasteiger charge is -2.02. The molecule has 14 heavy (non-hydrogen) atoms. The van der Waals surface area contributed by atoms with Gasteiger partial charge in [0.05, 0.1) is 4.92 Å². The number of benzene rings is 1. The first kappa shape index (κ1) is 10.6. The smallest absolute Gasteiger partial charge is 0.286 e. The molecular weight excluding hydrogens is 252 g/mol. The summed E-state index contributed by atoms with van der Waals surface area (Å²) >= 11 is 3.10. The lowest BCUT2D eigenvalue weighted by atomic mass is 10.1. The number of hydrogen-bond donors (Lipinski definition) is 1. The molecule has 74 valence electrons. The van der Waals surface area contributed by atoms with Crippen LogP contribution in [0.15, 0.2) is 18.2 Å². The maximum atomic E-state index is 10.9. The second kappa shape index (κ2) is 4.19. The van der Waals surface area contributed by atoms with Crippen molar-refractivity contribution in [2.24, 2.45) is 5.73 Å². The van der Waals surface area contributed by atoms with Gasteiger partial charge in [0.25, 0.3) is 11.6 Å². The SMILES string of the molecule is NC(=O)c1cccc(CBr)c1[N+](=O)[O-]. The Morgan fingerprint density at radius 3 is 2.64 bits per heavy atom. The van der Waals surface area contributed by atoms with Crippen molar-refractivity contribution in [1.82, 2.24) is 0 Å². The Labute approximate surface area is 88.2 Å². The van der Waals surface area contributed by atoms with E-state index in [0.717, 1.165) is 0 Å². The summed E-state index contributed by atoms with van der Waals surface area (Å²) in [7, 11) is 0. The Bertz CT molecular complexity index is 392. The van der Waals surface area contributed by atoms with Crippen molar-refractivity contribution < 1.29 is 9.72 Å². The van der Waals surface area contributed by atoms with Crippen LogP contribution in [0, 0.1) is 10.1 Å². The quantitative estimate of drug-likeness (QED) is 0.508. The van der Waals surface area contributed by atoms with E-state index in [1.807, 2.05) is 0 Å². The zero-order chi connectivity index (χ0) is 10.7. The van der Waals surface area contributed by atoms with Gasteiger partial charge in [-0.25, -0.2) is 0 Å². The van der Waals surface area contributed by atoms with Crippen LogP contribution >= 0.6 is 15.9 Å². The average molecular weight is 259 g/mol. The Morgan fingerprint density at radius 2 is 2.21 bits per heavy atom. The van der Waals surface area contributed by atoms with Crippen molar-refractivity contribution in [3.05, 3.63) is 39.4 Å². The number of nitro benzene ring substituents is 1. The minimum atomic E-state index is -0.792. The highest BCUT2D eigenvalue weighted by Gasteiger charge is 2.21. The predicted octanol–water partition coefficient (Wildman–Crippen LogP) is 1.59. The zero-order valence-corrected chi connectivity index (χ0v) is 8.65. The molecule has 0 aliphatic carbocycles. The predicted molar refractivity (Wildman–Crippen MR) is 54.2 cm³/mol. The normalized spacial score (nSPS) is 9.79. The van der Waals surface area contributed by atoms with Gasteiger partial charge in [-0.2, -0.15) is 0 Å². The molecule has 2 N–H and O–H groups in total. The van der Waals surface area contributed by atoms with Crippen LogP contribution in [0.25, 0.3) is 0 Å². The summed E-state index contributed by atoms with van der Waals surface area (Å²) in [5.74, 6) is -0.792. The largest absolute Gasteiger partial charge is 0.365 e. The molecule has 0 aliphatic heterocycles. The number of nitrogens with zero attached hydrogens (tertiary/aromatic N) is 1. The number of rotatable bonds is 3. The summed E-state index contributed by atoms with van der Waals surface area (Å²) in [4.78, 5) is 21.0. The van der Waals surface area contributed by atoms with Crippen molar-refractivity contribution in [3.63, 3.8) is 0 Å². The molecule has 0 aliphatic rings. The number of primary amides is 1. The van der Waals surface area contributed by atoms with E-state index in [1.165, 1.54) is 6.07 Å². The van der Waals surface area contributed by atoms with Gasteiger partial charge in [-0.15, -0.1) is 0 Å². The number of para-hydroxylation sites is 1. The van der Waals surface area contributed by atoms with Gasteiger partial charge in [0, 0.05) is 10.9 Å². The van der Waals surface area contributed by atoms with Crippen LogP contribution in [0.3, 0.4) is 0 Å². The van der Waals surface area contributed by atoms with Crippen LogP contribution in [-0.4, -0.2) is 10.8 Å². The first-order chi connectivity index (χ1) is 6.57. The summed E-state index contributed by atoms with van der Waals surface area (Å²) in [5, 5.41) is 11.0. The average Bonchev–Trinajstić information content (AvgIpc) is 2.16. The van der Waals surface area contributed by atoms with E-state index in [-0.39, 0.29) is 11.3 Å². The molecule has 0 radical (unpaired) electrons. The Balaban J connectivity index is 3.43. The minimum absolute atomic E-state index is 0.0630. The van der Waals surface area contributed by atoms with Crippen LogP contribution < -0.4 is 5.73 Å². The highest BCUT2D eigenvalue weighted by molar-refractivity contribution is 9.08. The highest BCUT2D eigenvalue weighted by atomic mass is 79.9. The molecule has 1 rings (SSSR count). The minimum Gasteiger partial charge on any atom is -0.365 e. The van der Waals surface area contributed by atoms with E-state index in [9.17, 15) is 14.9 Å². The van der Waals surface area contributed by atoms with E-state index < -0.39 is 10.8 Å². The van der Waals surface area contributed by atoms with E-state index in [1.54, 1.807) is 12.1 Å². The summed E-state index contributed by atoms with van der Waals surface area (Å²) in [6.45, 7) is 0. The van der Waals surface area contributed by atoms with Gasteiger partial charge < -0.3 is 5.73 Å². The summed E-state index contributed by atoms with van der Waals surface area (Å²) in [5.41, 5.74) is 5.17. The van der Waals surface area contributed by atoms with Gasteiger partial charge in [-0.3, -0.25) is 14.9 Å². The summed E-state index contributed by atoms with van der Waals surface area (Å²) < 4.78 is 0. The van der Waals surface area contributed by atoms with Crippen LogP contribution in [0.2, 0.25) is 0 Å². The van der Waals surface area contributed by atoms with E-state index in [0.29, 0.717) is 10.9 Å². The van der Waals surface area contributed by atoms with Gasteiger partial charge in [-0.1, -0.05) is 28.1 Å². The number of nitro groups is 1. The first-order valence-electron chi connectivity index (χ1n) is 3.70. The van der Waals surface area contributed by atoms with Crippen molar-refractivity contribution in [3.8, 4) is 0 Å². The number of alkyl halides is 1. The maximum absolute atomic E-state index is 10.9. The molecule has 5 nitrogen and oxygen atoms in total. The number of hydrogen-bond acceptors (Lipinski definition) is 3. The second-order valence-electron chi connectivity index (χ2n) is 2.57. The fourth-order valence-electron chi connectivity index (χ4n) is 1.11. The molecule has 0 saturated heterocycles. The fraction of sp³-hybridized carbons (Fsp3) is 0.125. The molecule has 1 amide bonds. The third-order valence-electron chi connectivity index (χ3n) is 1.71. The van der Waals surface area contributed by atoms with Crippen molar-refractivity contribution in [2.45, 2.75) is 5.33 Å². The molecule has 1 aromatic rings. The van der Waals surface area contributed by atoms with E-state index in [4.69, 9.17) is 5.73 Å². The topological polar surface area (TPSA) is 86.2 Å². The standard InChI is InChI=1S/C8H7BrN2O3/c9-4-5-2-1-3-6(8(10)12)7(5)11(13)14/h1-3H,4H2,(H2,10,12). The lowest BCUT2D eigenvalue weighted by Crippen LogP contribution is -2.14. The molecule has 0 bridgehead atoms. The molecule has 0 fully saturated rings. The van der Waals surface area contributed by atoms with Gasteiger partial charge in [0.15, 0.2) is 0 Å². The molecule has 0 heterocycles. The van der Waals surface area contributed by atoms with Gasteiger partial charge in [0.2, 0.25) is 0 Å². The van der Waals surface area contributed by atoms with Gasteiger partial charge >= 0.3 is 0 Å². The van der Waals surface area contributed by atoms with Crippen LogP contribution in [0.5, 0.6) is 0 Å². The molecule has 1 aromatic carbocycles. The van der Waals surface area contributed by atoms with Gasteiger partial charge in [0.1, 0.15) is 5.56 Å². The fourth-order valence-corrected chi connectivity index (χ4v) is 1.57. The number of carbonyl (C=O) groups excluding carboxylic acids is 1. The Kier molecular flexibility index (Phi) is 3.19. The van der Waals surface area contributed by atoms with Crippen LogP contribution in [0.1, 0.15) is 15.9 Å².